The summed E-state index contributed by atoms with van der Waals surface area (Å²) in [4.78, 5) is 8.17. The molecule has 0 aromatic heterocycles. The summed E-state index contributed by atoms with van der Waals surface area (Å²) in [6.07, 6.45) is 13.8. The normalized spacial score (nSPS) is 22.6. The van der Waals surface area contributed by atoms with Gasteiger partial charge in [-0.1, -0.05) is 45.4 Å². The van der Waals surface area contributed by atoms with Crippen LogP contribution in [0.2, 0.25) is 0 Å². The van der Waals surface area contributed by atoms with Crippen molar-refractivity contribution in [1.82, 2.24) is 0 Å². The van der Waals surface area contributed by atoms with Crippen molar-refractivity contribution in [3.05, 3.63) is 47.7 Å². The first-order chi connectivity index (χ1) is 14.6. The third kappa shape index (κ3) is 6.68. The summed E-state index contributed by atoms with van der Waals surface area (Å²) >= 11 is 0. The Bertz CT molecular complexity index is 736. The van der Waals surface area contributed by atoms with Crippen LogP contribution >= 0.6 is 0 Å². The van der Waals surface area contributed by atoms with Gasteiger partial charge in [0, 0.05) is 18.4 Å². The Labute approximate surface area is 184 Å². The maximum atomic E-state index is 4.17. The second-order valence-corrected chi connectivity index (χ2v) is 8.72. The summed E-state index contributed by atoms with van der Waals surface area (Å²) < 4.78 is 0. The van der Waals surface area contributed by atoms with E-state index in [2.05, 4.69) is 79.8 Å². The first-order valence-electron chi connectivity index (χ1n) is 11.7. The zero-order valence-corrected chi connectivity index (χ0v) is 19.4. The molecule has 0 atom stereocenters. The van der Waals surface area contributed by atoms with Crippen molar-refractivity contribution in [2.45, 2.75) is 72.1 Å². The number of rotatable bonds is 12. The van der Waals surface area contributed by atoms with Gasteiger partial charge in [0.2, 0.25) is 0 Å². The van der Waals surface area contributed by atoms with Crippen LogP contribution in [0.5, 0.6) is 0 Å². The fraction of sp³-hybridized carbons (Fsp3) is 0.556. The van der Waals surface area contributed by atoms with E-state index in [9.17, 15) is 0 Å². The highest BCUT2D eigenvalue weighted by Gasteiger charge is 2.34. The molecule has 0 saturated heterocycles. The van der Waals surface area contributed by atoms with Gasteiger partial charge in [-0.2, -0.15) is 0 Å². The Morgan fingerprint density at radius 1 is 1.20 bits per heavy atom. The van der Waals surface area contributed by atoms with Gasteiger partial charge in [-0.05, 0) is 98.6 Å². The first-order valence-corrected chi connectivity index (χ1v) is 11.7. The van der Waals surface area contributed by atoms with Crippen LogP contribution < -0.4 is 5.32 Å². The largest absolute Gasteiger partial charge is 0.384 e. The average Bonchev–Trinajstić information content (AvgIpc) is 2.78. The minimum atomic E-state index is 0.385. The molecule has 1 aliphatic rings. The Morgan fingerprint density at radius 2 is 1.97 bits per heavy atom. The van der Waals surface area contributed by atoms with Gasteiger partial charge < -0.3 is 5.32 Å². The lowest BCUT2D eigenvalue weighted by atomic mass is 9.67. The molecule has 1 saturated carbocycles. The van der Waals surface area contributed by atoms with Crippen LogP contribution in [0.15, 0.2) is 52.1 Å². The maximum Gasteiger partial charge on any atom is 0.0595 e. The molecule has 0 spiro atoms. The van der Waals surface area contributed by atoms with Crippen LogP contribution in [0.1, 0.15) is 77.7 Å². The number of hydrogen-bond acceptors (Lipinski definition) is 3. The van der Waals surface area contributed by atoms with Crippen molar-refractivity contribution in [2.75, 3.05) is 18.4 Å². The van der Waals surface area contributed by atoms with E-state index in [0.717, 1.165) is 32.4 Å². The van der Waals surface area contributed by atoms with Gasteiger partial charge in [-0.3, -0.25) is 9.98 Å². The molecule has 0 heterocycles. The smallest absolute Gasteiger partial charge is 0.0595 e. The predicted octanol–water partition coefficient (Wildman–Crippen LogP) is 7.56. The van der Waals surface area contributed by atoms with Crippen molar-refractivity contribution in [3.63, 3.8) is 0 Å². The molecule has 164 valence electrons. The van der Waals surface area contributed by atoms with E-state index in [1.807, 2.05) is 6.20 Å². The van der Waals surface area contributed by atoms with Gasteiger partial charge in [0.05, 0.1) is 6.54 Å². The number of aliphatic imine (C=N–C) groups is 2. The van der Waals surface area contributed by atoms with Gasteiger partial charge in [0.25, 0.3) is 0 Å². The number of allylic oxidation sites excluding steroid dienone is 2. The summed E-state index contributed by atoms with van der Waals surface area (Å²) in [6.45, 7) is 16.0. The molecular formula is C27H41N3. The molecule has 0 aliphatic heterocycles. The van der Waals surface area contributed by atoms with Crippen molar-refractivity contribution in [3.8, 4) is 0 Å². The molecule has 1 aromatic rings. The fourth-order valence-corrected chi connectivity index (χ4v) is 4.79. The van der Waals surface area contributed by atoms with Crippen LogP contribution in [0, 0.1) is 11.3 Å². The molecule has 1 aliphatic carbocycles. The molecule has 30 heavy (non-hydrogen) atoms. The zero-order valence-electron chi connectivity index (χ0n) is 19.4. The van der Waals surface area contributed by atoms with Crippen LogP contribution in [-0.4, -0.2) is 26.5 Å². The van der Waals surface area contributed by atoms with Crippen LogP contribution in [0.3, 0.4) is 0 Å². The molecular weight excluding hydrogens is 366 g/mol. The Kier molecular flexibility index (Phi) is 10.1. The Hall–Kier alpha value is -2.16. The van der Waals surface area contributed by atoms with E-state index in [4.69, 9.17) is 0 Å². The van der Waals surface area contributed by atoms with E-state index >= 15 is 0 Å². The highest BCUT2D eigenvalue weighted by atomic mass is 14.9. The van der Waals surface area contributed by atoms with Gasteiger partial charge in [0.1, 0.15) is 0 Å². The third-order valence-corrected chi connectivity index (χ3v) is 6.75. The molecule has 0 unspecified atom stereocenters. The minimum absolute atomic E-state index is 0.385. The fourth-order valence-electron chi connectivity index (χ4n) is 4.79. The molecule has 0 amide bonds. The van der Waals surface area contributed by atoms with Crippen LogP contribution in [-0.2, 0) is 0 Å². The van der Waals surface area contributed by atoms with Gasteiger partial charge >= 0.3 is 0 Å². The molecule has 1 fully saturated rings. The standard InChI is InChI=1S/C27H41N3/c1-6-10-24(19-28-4)22-14-16-27(8-3,17-15-22)21-30-26-13-9-12-23(18-26)25(11-7-2)20-29-5/h9-10,12-13,18,20,22,30H,4-8,11,14-17,19,21H2,1-3H3/b24-10+,25-20+. The highest BCUT2D eigenvalue weighted by Crippen LogP contribution is 2.44. The quantitative estimate of drug-likeness (QED) is 0.281. The van der Waals surface area contributed by atoms with Crippen molar-refractivity contribution >= 4 is 24.7 Å². The summed E-state index contributed by atoms with van der Waals surface area (Å²) in [5.41, 5.74) is 5.60. The third-order valence-electron chi connectivity index (χ3n) is 6.75. The van der Waals surface area contributed by atoms with Crippen molar-refractivity contribution in [1.29, 1.82) is 0 Å². The van der Waals surface area contributed by atoms with Gasteiger partial charge in [-0.25, -0.2) is 0 Å². The lowest BCUT2D eigenvalue weighted by molar-refractivity contribution is 0.168. The Balaban J connectivity index is 2.03. The summed E-state index contributed by atoms with van der Waals surface area (Å²) in [6, 6.07) is 8.76. The predicted molar refractivity (Wildman–Crippen MR) is 135 cm³/mol. The average molecular weight is 408 g/mol. The van der Waals surface area contributed by atoms with E-state index < -0.39 is 0 Å². The van der Waals surface area contributed by atoms with Crippen molar-refractivity contribution < 1.29 is 0 Å². The van der Waals surface area contributed by atoms with E-state index in [1.165, 1.54) is 54.5 Å². The summed E-state index contributed by atoms with van der Waals surface area (Å²) in [5.74, 6) is 0.687. The molecule has 1 N–H and O–H groups in total. The monoisotopic (exact) mass is 407 g/mol. The topological polar surface area (TPSA) is 36.8 Å². The SMILES string of the molecule is C=N/C=C(\CCC)c1cccc(NCC2(CC)CCC(/C(=C/CC)CN=C)CC2)c1. The molecule has 3 heteroatoms. The molecule has 0 bridgehead atoms. The minimum Gasteiger partial charge on any atom is -0.384 e. The summed E-state index contributed by atoms with van der Waals surface area (Å²) in [7, 11) is 0. The lowest BCUT2D eigenvalue weighted by Gasteiger charge is -2.40. The first kappa shape index (κ1) is 24.1. The lowest BCUT2D eigenvalue weighted by Crippen LogP contribution is -2.34. The summed E-state index contributed by atoms with van der Waals surface area (Å²) in [5, 5.41) is 3.76. The number of nitrogens with zero attached hydrogens (tertiary/aromatic N) is 2. The second-order valence-electron chi connectivity index (χ2n) is 8.72. The Morgan fingerprint density at radius 3 is 2.57 bits per heavy atom. The zero-order chi connectivity index (χ0) is 21.8. The molecule has 3 nitrogen and oxygen atoms in total. The number of anilines is 1. The molecule has 2 rings (SSSR count). The highest BCUT2D eigenvalue weighted by molar-refractivity contribution is 5.69. The van der Waals surface area contributed by atoms with Gasteiger partial charge in [-0.15, -0.1) is 0 Å². The van der Waals surface area contributed by atoms with Crippen molar-refractivity contribution in [2.24, 2.45) is 21.3 Å². The number of benzene rings is 1. The second kappa shape index (κ2) is 12.5. The van der Waals surface area contributed by atoms with Gasteiger partial charge in [0.15, 0.2) is 0 Å². The number of nitrogens with one attached hydrogen (secondary N) is 1. The number of hydrogen-bond donors (Lipinski definition) is 1. The maximum absolute atomic E-state index is 4.17. The molecule has 0 radical (unpaired) electrons. The van der Waals surface area contributed by atoms with Crippen LogP contribution in [0.4, 0.5) is 5.69 Å². The van der Waals surface area contributed by atoms with E-state index in [1.54, 1.807) is 0 Å². The van der Waals surface area contributed by atoms with E-state index in [0.29, 0.717) is 11.3 Å². The van der Waals surface area contributed by atoms with Crippen LogP contribution in [0.25, 0.3) is 5.57 Å². The van der Waals surface area contributed by atoms with E-state index in [-0.39, 0.29) is 0 Å². The molecule has 1 aromatic carbocycles.